The first kappa shape index (κ1) is 19.5. The standard InChI is InChI=1S/C21H25FN4O2/c22-17(10-13-8-9-26-20(11-13)28-14-4-3-5-14)16(21(24)25)12-18(23)15-6-1-2-7-19(15)27/h1-2,6-9,11-12,14,17,27H,3-5,10,23-25H2/b18-12-. The van der Waals surface area contributed by atoms with Crippen LogP contribution in [0.1, 0.15) is 30.4 Å². The van der Waals surface area contributed by atoms with Crippen LogP contribution in [0.25, 0.3) is 5.70 Å². The minimum Gasteiger partial charge on any atom is -0.507 e. The van der Waals surface area contributed by atoms with Crippen molar-refractivity contribution in [2.75, 3.05) is 0 Å². The smallest absolute Gasteiger partial charge is 0.213 e. The van der Waals surface area contributed by atoms with E-state index in [0.29, 0.717) is 17.0 Å². The fourth-order valence-corrected chi connectivity index (χ4v) is 2.94. The molecule has 2 aromatic rings. The Morgan fingerprint density at radius 1 is 1.25 bits per heavy atom. The molecule has 7 N–H and O–H groups in total. The average Bonchev–Trinajstić information content (AvgIpc) is 2.63. The second-order valence-corrected chi connectivity index (χ2v) is 6.87. The number of allylic oxidation sites excluding steroid dienone is 2. The highest BCUT2D eigenvalue weighted by atomic mass is 19.1. The first-order chi connectivity index (χ1) is 13.4. The number of phenolic OH excluding ortho intramolecular Hbond substituents is 1. The molecule has 1 aliphatic carbocycles. The van der Waals surface area contributed by atoms with Crippen LogP contribution in [0.3, 0.4) is 0 Å². The Morgan fingerprint density at radius 2 is 2.00 bits per heavy atom. The van der Waals surface area contributed by atoms with Gasteiger partial charge in [0.25, 0.3) is 0 Å². The molecule has 0 radical (unpaired) electrons. The molecule has 1 heterocycles. The van der Waals surface area contributed by atoms with Gasteiger partial charge < -0.3 is 27.0 Å². The van der Waals surface area contributed by atoms with Gasteiger partial charge in [0.2, 0.25) is 5.88 Å². The molecular weight excluding hydrogens is 359 g/mol. The Bertz CT molecular complexity index is 889. The lowest BCUT2D eigenvalue weighted by Gasteiger charge is -2.25. The summed E-state index contributed by atoms with van der Waals surface area (Å²) in [6.45, 7) is 0. The second kappa shape index (κ2) is 8.65. The number of nitrogens with two attached hydrogens (primary N) is 3. The number of aromatic nitrogens is 1. The molecule has 148 valence electrons. The van der Waals surface area contributed by atoms with E-state index in [-0.39, 0.29) is 35.4 Å². The number of hydrogen-bond acceptors (Lipinski definition) is 6. The van der Waals surface area contributed by atoms with E-state index >= 15 is 4.39 Å². The number of phenols is 1. The van der Waals surface area contributed by atoms with Crippen molar-refractivity contribution in [3.8, 4) is 11.6 Å². The number of ether oxygens (including phenoxy) is 1. The van der Waals surface area contributed by atoms with E-state index in [4.69, 9.17) is 21.9 Å². The van der Waals surface area contributed by atoms with E-state index in [2.05, 4.69) is 4.98 Å². The third kappa shape index (κ3) is 4.73. The lowest BCUT2D eigenvalue weighted by Crippen LogP contribution is -2.25. The van der Waals surface area contributed by atoms with Gasteiger partial charge in [-0.25, -0.2) is 9.37 Å². The molecule has 1 aromatic heterocycles. The van der Waals surface area contributed by atoms with Crippen molar-refractivity contribution in [2.24, 2.45) is 17.2 Å². The fourth-order valence-electron chi connectivity index (χ4n) is 2.94. The van der Waals surface area contributed by atoms with Gasteiger partial charge in [-0.1, -0.05) is 12.1 Å². The van der Waals surface area contributed by atoms with Crippen molar-refractivity contribution >= 4 is 5.70 Å². The van der Waals surface area contributed by atoms with Crippen molar-refractivity contribution in [3.63, 3.8) is 0 Å². The molecule has 1 atom stereocenters. The predicted octanol–water partition coefficient (Wildman–Crippen LogP) is 2.73. The van der Waals surface area contributed by atoms with Crippen molar-refractivity contribution in [2.45, 2.75) is 38.0 Å². The second-order valence-electron chi connectivity index (χ2n) is 6.87. The van der Waals surface area contributed by atoms with E-state index in [0.717, 1.165) is 19.3 Å². The van der Waals surface area contributed by atoms with Crippen LogP contribution in [-0.4, -0.2) is 22.4 Å². The summed E-state index contributed by atoms with van der Waals surface area (Å²) in [6, 6.07) is 9.97. The van der Waals surface area contributed by atoms with E-state index in [1.165, 1.54) is 12.1 Å². The molecule has 0 saturated heterocycles. The zero-order chi connectivity index (χ0) is 20.1. The Hall–Kier alpha value is -3.22. The van der Waals surface area contributed by atoms with Crippen LogP contribution in [0.2, 0.25) is 0 Å². The number of nitrogens with zero attached hydrogens (tertiary/aromatic N) is 1. The van der Waals surface area contributed by atoms with E-state index < -0.39 is 6.17 Å². The molecule has 0 bridgehead atoms. The molecule has 1 saturated carbocycles. The molecule has 1 aromatic carbocycles. The highest BCUT2D eigenvalue weighted by Gasteiger charge is 2.21. The van der Waals surface area contributed by atoms with Crippen LogP contribution in [0.5, 0.6) is 11.6 Å². The van der Waals surface area contributed by atoms with Crippen LogP contribution >= 0.6 is 0 Å². The molecule has 1 unspecified atom stereocenters. The summed E-state index contributed by atoms with van der Waals surface area (Å²) in [7, 11) is 0. The molecule has 3 rings (SSSR count). The van der Waals surface area contributed by atoms with Gasteiger partial charge in [-0.3, -0.25) is 0 Å². The maximum absolute atomic E-state index is 15.0. The monoisotopic (exact) mass is 384 g/mol. The first-order valence-corrected chi connectivity index (χ1v) is 9.20. The van der Waals surface area contributed by atoms with Gasteiger partial charge in [-0.2, -0.15) is 0 Å². The summed E-state index contributed by atoms with van der Waals surface area (Å²) in [4.78, 5) is 4.18. The SMILES string of the molecule is NC(N)=C(/C=C(\N)c1ccccc1O)C(F)Cc1ccnc(OC2CCC2)c1. The Morgan fingerprint density at radius 3 is 2.64 bits per heavy atom. The van der Waals surface area contributed by atoms with Gasteiger partial charge in [-0.05, 0) is 49.1 Å². The number of rotatable bonds is 7. The summed E-state index contributed by atoms with van der Waals surface area (Å²) >= 11 is 0. The zero-order valence-corrected chi connectivity index (χ0v) is 15.5. The van der Waals surface area contributed by atoms with Gasteiger partial charge in [0.15, 0.2) is 0 Å². The maximum Gasteiger partial charge on any atom is 0.213 e. The number of hydrogen-bond donors (Lipinski definition) is 4. The van der Waals surface area contributed by atoms with Gasteiger partial charge >= 0.3 is 0 Å². The van der Waals surface area contributed by atoms with Crippen molar-refractivity contribution in [3.05, 3.63) is 71.2 Å². The summed E-state index contributed by atoms with van der Waals surface area (Å²) in [5.41, 5.74) is 18.8. The minimum absolute atomic E-state index is 0.00600. The number of aromatic hydroxyl groups is 1. The number of para-hydroxylation sites is 1. The lowest BCUT2D eigenvalue weighted by atomic mass is 9.96. The third-order valence-corrected chi connectivity index (χ3v) is 4.75. The van der Waals surface area contributed by atoms with Crippen LogP contribution in [0.4, 0.5) is 4.39 Å². The molecular formula is C21H25FN4O2. The molecule has 0 aliphatic heterocycles. The van der Waals surface area contributed by atoms with Crippen molar-refractivity contribution in [1.82, 2.24) is 4.98 Å². The van der Waals surface area contributed by atoms with Crippen LogP contribution in [0.15, 0.2) is 60.1 Å². The van der Waals surface area contributed by atoms with Gasteiger partial charge in [-0.15, -0.1) is 0 Å². The molecule has 28 heavy (non-hydrogen) atoms. The van der Waals surface area contributed by atoms with Crippen LogP contribution < -0.4 is 21.9 Å². The number of pyridine rings is 1. The normalized spacial score (nSPS) is 15.5. The van der Waals surface area contributed by atoms with Crippen molar-refractivity contribution < 1.29 is 14.2 Å². The average molecular weight is 384 g/mol. The highest BCUT2D eigenvalue weighted by molar-refractivity contribution is 5.70. The molecule has 1 aliphatic rings. The van der Waals surface area contributed by atoms with Crippen molar-refractivity contribution in [1.29, 1.82) is 0 Å². The third-order valence-electron chi connectivity index (χ3n) is 4.75. The number of halogens is 1. The Labute approximate surface area is 163 Å². The quantitative estimate of drug-likeness (QED) is 0.545. The topological polar surface area (TPSA) is 120 Å². The first-order valence-electron chi connectivity index (χ1n) is 9.20. The molecule has 7 heteroatoms. The zero-order valence-electron chi connectivity index (χ0n) is 15.5. The molecule has 0 amide bonds. The van der Waals surface area contributed by atoms with E-state index in [1.54, 1.807) is 36.5 Å². The highest BCUT2D eigenvalue weighted by Crippen LogP contribution is 2.26. The summed E-state index contributed by atoms with van der Waals surface area (Å²) < 4.78 is 20.8. The Kier molecular flexibility index (Phi) is 6.03. The number of alkyl halides is 1. The Balaban J connectivity index is 1.76. The molecule has 1 fully saturated rings. The molecule has 0 spiro atoms. The summed E-state index contributed by atoms with van der Waals surface area (Å²) in [5.74, 6) is 0.323. The van der Waals surface area contributed by atoms with Gasteiger partial charge in [0, 0.05) is 35.5 Å². The van der Waals surface area contributed by atoms with Gasteiger partial charge in [0.1, 0.15) is 18.0 Å². The summed E-state index contributed by atoms with van der Waals surface area (Å²) in [5, 5.41) is 9.92. The largest absolute Gasteiger partial charge is 0.507 e. The predicted molar refractivity (Wildman–Crippen MR) is 107 cm³/mol. The fraction of sp³-hybridized carbons (Fsp3) is 0.286. The molecule has 6 nitrogen and oxygen atoms in total. The summed E-state index contributed by atoms with van der Waals surface area (Å²) in [6.07, 6.45) is 4.91. The van der Waals surface area contributed by atoms with Gasteiger partial charge in [0.05, 0.1) is 5.82 Å². The number of benzene rings is 1. The van der Waals surface area contributed by atoms with Crippen LogP contribution in [-0.2, 0) is 6.42 Å². The van der Waals surface area contributed by atoms with E-state index in [9.17, 15) is 5.11 Å². The lowest BCUT2D eigenvalue weighted by molar-refractivity contribution is 0.114. The van der Waals surface area contributed by atoms with E-state index in [1.807, 2.05) is 0 Å². The maximum atomic E-state index is 15.0. The van der Waals surface area contributed by atoms with Crippen LogP contribution in [0, 0.1) is 0 Å². The minimum atomic E-state index is -1.48.